The molecule has 2 aromatic heterocycles. The molecule has 0 atom stereocenters. The fraction of sp³-hybridized carbons (Fsp3) is 0.176. The van der Waals surface area contributed by atoms with Gasteiger partial charge in [0.15, 0.2) is 5.82 Å². The summed E-state index contributed by atoms with van der Waals surface area (Å²) in [6.07, 6.45) is 4.51. The first-order chi connectivity index (χ1) is 13.0. The number of aliphatic hydroxyl groups is 1. The van der Waals surface area contributed by atoms with Gasteiger partial charge in [-0.2, -0.15) is 0 Å². The van der Waals surface area contributed by atoms with Gasteiger partial charge in [-0.25, -0.2) is 9.87 Å². The highest BCUT2D eigenvalue weighted by Gasteiger charge is 2.22. The van der Waals surface area contributed by atoms with E-state index in [0.29, 0.717) is 21.8 Å². The maximum atomic E-state index is 14.2. The molecule has 0 saturated carbocycles. The van der Waals surface area contributed by atoms with E-state index in [2.05, 4.69) is 15.8 Å². The van der Waals surface area contributed by atoms with E-state index in [1.807, 2.05) is 12.3 Å². The lowest BCUT2D eigenvalue weighted by Gasteiger charge is -2.11. The van der Waals surface area contributed by atoms with E-state index in [9.17, 15) is 9.18 Å². The number of nitrogens with zero attached hydrogens (tertiary/aromatic N) is 1. The number of carbonyl (C=O) groups is 1. The van der Waals surface area contributed by atoms with Gasteiger partial charge in [-0.3, -0.25) is 14.6 Å². The summed E-state index contributed by atoms with van der Waals surface area (Å²) < 4.78 is 14.5. The molecule has 2 heterocycles. The molecule has 0 bridgehead atoms. The Morgan fingerprint density at radius 2 is 2.26 bits per heavy atom. The van der Waals surface area contributed by atoms with E-state index in [1.165, 1.54) is 6.20 Å². The molecule has 3 N–H and O–H groups in total. The molecular formula is C17H15ClFN3O3S2. The van der Waals surface area contributed by atoms with Crippen molar-refractivity contribution in [3.63, 3.8) is 0 Å². The summed E-state index contributed by atoms with van der Waals surface area (Å²) in [7, 11) is 0. The number of nitrogens with one attached hydrogen (secondary N) is 2. The summed E-state index contributed by atoms with van der Waals surface area (Å²) in [5.41, 5.74) is 3.19. The minimum absolute atomic E-state index is 0.0582. The van der Waals surface area contributed by atoms with Crippen molar-refractivity contribution in [2.45, 2.75) is 4.90 Å². The van der Waals surface area contributed by atoms with Crippen molar-refractivity contribution >= 4 is 62.1 Å². The molecule has 0 spiro atoms. The van der Waals surface area contributed by atoms with Gasteiger partial charge in [0.1, 0.15) is 4.88 Å². The van der Waals surface area contributed by atoms with Crippen LogP contribution in [-0.4, -0.2) is 35.5 Å². The van der Waals surface area contributed by atoms with Crippen LogP contribution in [-0.2, 0) is 4.84 Å². The van der Waals surface area contributed by atoms with E-state index in [4.69, 9.17) is 21.5 Å². The number of amides is 1. The Hall–Kier alpha value is -1.91. The number of fused-ring (bicyclic) bond motifs is 1. The molecule has 6 nitrogen and oxygen atoms in total. The van der Waals surface area contributed by atoms with Crippen molar-refractivity contribution in [2.24, 2.45) is 0 Å². The Labute approximate surface area is 167 Å². The second-order valence-corrected chi connectivity index (χ2v) is 7.59. The van der Waals surface area contributed by atoms with E-state index in [1.54, 1.807) is 23.9 Å². The van der Waals surface area contributed by atoms with Gasteiger partial charge >= 0.3 is 0 Å². The van der Waals surface area contributed by atoms with Crippen LogP contribution in [0.4, 0.5) is 15.8 Å². The Morgan fingerprint density at radius 1 is 1.44 bits per heavy atom. The highest BCUT2D eigenvalue weighted by molar-refractivity contribution is 7.98. The first kappa shape index (κ1) is 19.8. The maximum Gasteiger partial charge on any atom is 0.287 e. The van der Waals surface area contributed by atoms with Gasteiger partial charge in [0.05, 0.1) is 40.5 Å². The number of aliphatic hydroxyl groups excluding tert-OH is 1. The smallest absolute Gasteiger partial charge is 0.287 e. The van der Waals surface area contributed by atoms with E-state index >= 15 is 0 Å². The molecule has 10 heteroatoms. The second-order valence-electron chi connectivity index (χ2n) is 5.28. The number of halogens is 2. The third-order valence-corrected chi connectivity index (χ3v) is 5.80. The van der Waals surface area contributed by atoms with Gasteiger partial charge in [-0.1, -0.05) is 11.6 Å². The quantitative estimate of drug-likeness (QED) is 0.297. The molecule has 0 saturated heterocycles. The monoisotopic (exact) mass is 427 g/mol. The summed E-state index contributed by atoms with van der Waals surface area (Å²) >= 11 is 8.85. The molecule has 0 aliphatic carbocycles. The molecule has 142 valence electrons. The first-order valence-electron chi connectivity index (χ1n) is 7.74. The Balaban J connectivity index is 2.03. The van der Waals surface area contributed by atoms with Crippen LogP contribution in [0.1, 0.15) is 9.67 Å². The van der Waals surface area contributed by atoms with Crippen LogP contribution in [0.5, 0.6) is 0 Å². The topological polar surface area (TPSA) is 83.5 Å². The number of pyridine rings is 1. The molecule has 3 rings (SSSR count). The summed E-state index contributed by atoms with van der Waals surface area (Å²) in [5.74, 6) is -1.09. The number of aromatic nitrogens is 1. The Bertz CT molecular complexity index is 983. The van der Waals surface area contributed by atoms with Crippen LogP contribution in [0.15, 0.2) is 35.5 Å². The molecule has 27 heavy (non-hydrogen) atoms. The average molecular weight is 428 g/mol. The predicted octanol–water partition coefficient (Wildman–Crippen LogP) is 4.21. The molecule has 1 aromatic carbocycles. The van der Waals surface area contributed by atoms with Crippen LogP contribution in [0.25, 0.3) is 10.1 Å². The SMILES string of the molecule is CSc1ccc(Nc2c(C(=O)NOCCO)sc3c(F)cncc23)c(Cl)c1. The number of hydrogen-bond donors (Lipinski definition) is 3. The van der Waals surface area contributed by atoms with Gasteiger partial charge in [0, 0.05) is 16.5 Å². The zero-order valence-corrected chi connectivity index (χ0v) is 16.5. The van der Waals surface area contributed by atoms with Crippen LogP contribution in [0.2, 0.25) is 5.02 Å². The third kappa shape index (κ3) is 4.33. The lowest BCUT2D eigenvalue weighted by atomic mass is 10.2. The van der Waals surface area contributed by atoms with Crippen molar-refractivity contribution < 1.29 is 19.1 Å². The molecule has 0 unspecified atom stereocenters. The summed E-state index contributed by atoms with van der Waals surface area (Å²) in [4.78, 5) is 22.4. The van der Waals surface area contributed by atoms with Gasteiger partial charge in [0.25, 0.3) is 5.91 Å². The van der Waals surface area contributed by atoms with E-state index < -0.39 is 11.7 Å². The van der Waals surface area contributed by atoms with Crippen molar-refractivity contribution in [3.8, 4) is 0 Å². The molecule has 1 amide bonds. The summed E-state index contributed by atoms with van der Waals surface area (Å²) in [5, 5.41) is 12.8. The minimum Gasteiger partial charge on any atom is -0.394 e. The number of rotatable bonds is 7. The lowest BCUT2D eigenvalue weighted by Crippen LogP contribution is -2.24. The van der Waals surface area contributed by atoms with Crippen LogP contribution >= 0.6 is 34.7 Å². The minimum atomic E-state index is -0.566. The van der Waals surface area contributed by atoms with Crippen molar-refractivity contribution in [3.05, 3.63) is 46.3 Å². The molecule has 0 radical (unpaired) electrons. The van der Waals surface area contributed by atoms with Crippen molar-refractivity contribution in [2.75, 3.05) is 24.8 Å². The maximum absolute atomic E-state index is 14.2. The standard InChI is InChI=1S/C17H15ClFN3O3S2/c1-26-9-2-3-13(11(18)6-9)21-14-10-7-20-8-12(19)15(10)27-16(14)17(24)22-25-5-4-23/h2-3,6-8,21,23H,4-5H2,1H3,(H,22,24). The first-order valence-corrected chi connectivity index (χ1v) is 10.2. The Kier molecular flexibility index (Phi) is 6.51. The van der Waals surface area contributed by atoms with Gasteiger partial charge in [-0.05, 0) is 24.5 Å². The third-order valence-electron chi connectivity index (χ3n) is 3.55. The van der Waals surface area contributed by atoms with Crippen LogP contribution in [0.3, 0.4) is 0 Å². The highest BCUT2D eigenvalue weighted by atomic mass is 35.5. The average Bonchev–Trinajstić information content (AvgIpc) is 3.03. The zero-order chi connectivity index (χ0) is 19.4. The zero-order valence-electron chi connectivity index (χ0n) is 14.1. The highest BCUT2D eigenvalue weighted by Crippen LogP contribution is 2.40. The summed E-state index contributed by atoms with van der Waals surface area (Å²) in [6, 6.07) is 5.47. The largest absolute Gasteiger partial charge is 0.394 e. The van der Waals surface area contributed by atoms with Crippen molar-refractivity contribution in [1.82, 2.24) is 10.5 Å². The van der Waals surface area contributed by atoms with Crippen LogP contribution in [0, 0.1) is 5.82 Å². The fourth-order valence-corrected chi connectivity index (χ4v) is 4.08. The number of anilines is 2. The summed E-state index contributed by atoms with van der Waals surface area (Å²) in [6.45, 7) is -0.301. The molecule has 0 aliphatic rings. The number of thiophene rings is 1. The normalized spacial score (nSPS) is 11.0. The number of benzene rings is 1. The number of thioether (sulfide) groups is 1. The molecule has 0 aliphatic heterocycles. The Morgan fingerprint density at radius 3 is 2.96 bits per heavy atom. The van der Waals surface area contributed by atoms with Gasteiger partial charge in [-0.15, -0.1) is 23.1 Å². The molecule has 3 aromatic rings. The van der Waals surface area contributed by atoms with E-state index in [-0.39, 0.29) is 22.8 Å². The van der Waals surface area contributed by atoms with Crippen molar-refractivity contribution in [1.29, 1.82) is 0 Å². The van der Waals surface area contributed by atoms with E-state index in [0.717, 1.165) is 22.4 Å². The molecule has 0 fully saturated rings. The number of hydroxylamine groups is 1. The number of hydrogen-bond acceptors (Lipinski definition) is 7. The molecular weight excluding hydrogens is 413 g/mol. The van der Waals surface area contributed by atoms with Crippen LogP contribution < -0.4 is 10.8 Å². The fourth-order valence-electron chi connectivity index (χ4n) is 2.33. The lowest BCUT2D eigenvalue weighted by molar-refractivity contribution is 0.0172. The number of carbonyl (C=O) groups excluding carboxylic acids is 1. The van der Waals surface area contributed by atoms with Gasteiger partial charge in [0.2, 0.25) is 0 Å². The second kappa shape index (κ2) is 8.85. The predicted molar refractivity (Wildman–Crippen MR) is 107 cm³/mol. The van der Waals surface area contributed by atoms with Gasteiger partial charge < -0.3 is 10.4 Å².